The van der Waals surface area contributed by atoms with Crippen molar-refractivity contribution in [2.24, 2.45) is 5.92 Å². The van der Waals surface area contributed by atoms with Crippen LogP contribution in [0.3, 0.4) is 0 Å². The highest BCUT2D eigenvalue weighted by Gasteiger charge is 2.34. The molecular weight excluding hydrogens is 376 g/mol. The number of ether oxygens (including phenoxy) is 2. The molecule has 0 radical (unpaired) electrons. The summed E-state index contributed by atoms with van der Waals surface area (Å²) in [6.45, 7) is 0.671. The van der Waals surface area contributed by atoms with Gasteiger partial charge >= 0.3 is 5.97 Å². The van der Waals surface area contributed by atoms with Crippen LogP contribution >= 0.6 is 0 Å². The van der Waals surface area contributed by atoms with E-state index in [1.807, 2.05) is 24.3 Å². The summed E-state index contributed by atoms with van der Waals surface area (Å²) in [7, 11) is 3.02. The predicted molar refractivity (Wildman–Crippen MR) is 105 cm³/mol. The summed E-state index contributed by atoms with van der Waals surface area (Å²) in [6, 6.07) is 11.8. The fourth-order valence-electron chi connectivity index (χ4n) is 3.22. The first kappa shape index (κ1) is 20.2. The maximum atomic E-state index is 12.6. The van der Waals surface area contributed by atoms with Crippen LogP contribution in [0.2, 0.25) is 0 Å². The number of hydrogen-bond donors (Lipinski definition) is 2. The Labute approximate surface area is 168 Å². The van der Waals surface area contributed by atoms with Crippen molar-refractivity contribution in [3.05, 3.63) is 53.6 Å². The molecule has 2 aromatic carbocycles. The second-order valence-corrected chi connectivity index (χ2v) is 6.73. The molecule has 1 saturated heterocycles. The monoisotopic (exact) mass is 398 g/mol. The van der Waals surface area contributed by atoms with E-state index in [1.165, 1.54) is 19.2 Å². The molecule has 0 spiro atoms. The van der Waals surface area contributed by atoms with Gasteiger partial charge in [-0.2, -0.15) is 0 Å². The summed E-state index contributed by atoms with van der Waals surface area (Å²) in [6.07, 6.45) is 0.0839. The van der Waals surface area contributed by atoms with Gasteiger partial charge in [0, 0.05) is 19.5 Å². The number of rotatable bonds is 7. The van der Waals surface area contributed by atoms with Crippen molar-refractivity contribution in [1.82, 2.24) is 4.90 Å². The van der Waals surface area contributed by atoms with Crippen molar-refractivity contribution in [2.45, 2.75) is 13.0 Å². The van der Waals surface area contributed by atoms with Gasteiger partial charge in [0.25, 0.3) is 0 Å². The van der Waals surface area contributed by atoms with Gasteiger partial charge in [-0.05, 0) is 35.9 Å². The molecule has 0 aromatic heterocycles. The van der Waals surface area contributed by atoms with Crippen LogP contribution in [0, 0.1) is 5.92 Å². The normalized spacial score (nSPS) is 15.9. The fourth-order valence-corrected chi connectivity index (χ4v) is 3.22. The number of carbonyl (C=O) groups excluding carboxylic acids is 2. The van der Waals surface area contributed by atoms with Crippen LogP contribution in [-0.2, 0) is 16.1 Å². The van der Waals surface area contributed by atoms with Gasteiger partial charge in [0.15, 0.2) is 0 Å². The lowest BCUT2D eigenvalue weighted by atomic mass is 10.1. The van der Waals surface area contributed by atoms with Gasteiger partial charge in [-0.25, -0.2) is 4.79 Å². The third kappa shape index (κ3) is 4.66. The molecule has 3 rings (SSSR count). The predicted octanol–water partition coefficient (Wildman–Crippen LogP) is 2.39. The Kier molecular flexibility index (Phi) is 6.01. The van der Waals surface area contributed by atoms with E-state index in [9.17, 15) is 19.5 Å². The number of aromatic carboxylic acids is 1. The van der Waals surface area contributed by atoms with Gasteiger partial charge in [0.1, 0.15) is 11.5 Å². The summed E-state index contributed by atoms with van der Waals surface area (Å²) in [5, 5.41) is 12.0. The molecule has 0 bridgehead atoms. The second-order valence-electron chi connectivity index (χ2n) is 6.73. The van der Waals surface area contributed by atoms with E-state index in [-0.39, 0.29) is 36.0 Å². The maximum absolute atomic E-state index is 12.6. The molecule has 8 heteroatoms. The first-order valence-electron chi connectivity index (χ1n) is 9.04. The smallest absolute Gasteiger partial charge is 0.337 e. The highest BCUT2D eigenvalue weighted by atomic mass is 16.5. The summed E-state index contributed by atoms with van der Waals surface area (Å²) < 4.78 is 10.2. The van der Waals surface area contributed by atoms with Gasteiger partial charge in [-0.3, -0.25) is 9.59 Å². The Morgan fingerprint density at radius 2 is 1.76 bits per heavy atom. The molecule has 1 heterocycles. The van der Waals surface area contributed by atoms with Crippen molar-refractivity contribution in [3.63, 3.8) is 0 Å². The number of methoxy groups -OCH3 is 2. The molecule has 1 fully saturated rings. The number of likely N-dealkylation sites (tertiary alicyclic amines) is 1. The number of hydrogen-bond acceptors (Lipinski definition) is 5. The van der Waals surface area contributed by atoms with E-state index < -0.39 is 11.9 Å². The van der Waals surface area contributed by atoms with Gasteiger partial charge in [-0.1, -0.05) is 12.1 Å². The molecule has 2 N–H and O–H groups in total. The Morgan fingerprint density at radius 1 is 1.10 bits per heavy atom. The third-order valence-corrected chi connectivity index (χ3v) is 4.83. The minimum atomic E-state index is -1.18. The van der Waals surface area contributed by atoms with Crippen LogP contribution in [0.5, 0.6) is 11.5 Å². The van der Waals surface area contributed by atoms with E-state index in [0.29, 0.717) is 12.3 Å². The highest BCUT2D eigenvalue weighted by molar-refractivity contribution is 6.03. The van der Waals surface area contributed by atoms with Crippen molar-refractivity contribution >= 4 is 23.5 Å². The molecule has 8 nitrogen and oxygen atoms in total. The highest BCUT2D eigenvalue weighted by Crippen LogP contribution is 2.26. The standard InChI is InChI=1S/C21H22N2O6/c1-28-15-5-3-13(4-6-15)11-23-12-14(9-19(23)24)20(25)22-18-8-7-16(29-2)10-17(18)21(26)27/h3-8,10,14H,9,11-12H2,1-2H3,(H,22,25)(H,26,27). The molecule has 1 aliphatic heterocycles. The Hall–Kier alpha value is -3.55. The van der Waals surface area contributed by atoms with Crippen molar-refractivity contribution in [2.75, 3.05) is 26.1 Å². The summed E-state index contributed by atoms with van der Waals surface area (Å²) >= 11 is 0. The number of anilines is 1. The number of nitrogens with one attached hydrogen (secondary N) is 1. The summed E-state index contributed by atoms with van der Waals surface area (Å²) in [5.74, 6) is -1.13. The lowest BCUT2D eigenvalue weighted by molar-refractivity contribution is -0.128. The molecule has 0 aliphatic carbocycles. The molecule has 29 heavy (non-hydrogen) atoms. The van der Waals surface area contributed by atoms with Crippen LogP contribution in [0.15, 0.2) is 42.5 Å². The number of benzene rings is 2. The number of carbonyl (C=O) groups is 3. The number of amides is 2. The lowest BCUT2D eigenvalue weighted by Crippen LogP contribution is -2.28. The zero-order valence-corrected chi connectivity index (χ0v) is 16.2. The van der Waals surface area contributed by atoms with E-state index in [4.69, 9.17) is 9.47 Å². The zero-order chi connectivity index (χ0) is 21.0. The van der Waals surface area contributed by atoms with Crippen LogP contribution in [0.25, 0.3) is 0 Å². The minimum absolute atomic E-state index is 0.0721. The second kappa shape index (κ2) is 8.64. The molecule has 1 unspecified atom stereocenters. The first-order valence-corrected chi connectivity index (χ1v) is 9.04. The quantitative estimate of drug-likeness (QED) is 0.742. The lowest BCUT2D eigenvalue weighted by Gasteiger charge is -2.17. The zero-order valence-electron chi connectivity index (χ0n) is 16.2. The number of carboxylic acids is 1. The van der Waals surface area contributed by atoms with Gasteiger partial charge in [0.05, 0.1) is 31.4 Å². The summed E-state index contributed by atoms with van der Waals surface area (Å²) in [4.78, 5) is 38.1. The van der Waals surface area contributed by atoms with Crippen molar-refractivity contribution < 1.29 is 29.0 Å². The topological polar surface area (TPSA) is 105 Å². The number of carboxylic acid groups (broad SMARTS) is 1. The van der Waals surface area contributed by atoms with Crippen molar-refractivity contribution in [3.8, 4) is 11.5 Å². The van der Waals surface area contributed by atoms with E-state index in [0.717, 1.165) is 11.3 Å². The largest absolute Gasteiger partial charge is 0.497 e. The molecule has 2 amide bonds. The van der Waals surface area contributed by atoms with E-state index in [1.54, 1.807) is 18.1 Å². The van der Waals surface area contributed by atoms with E-state index in [2.05, 4.69) is 5.32 Å². The van der Waals surface area contributed by atoms with Crippen molar-refractivity contribution in [1.29, 1.82) is 0 Å². The van der Waals surface area contributed by atoms with Gasteiger partial charge in [-0.15, -0.1) is 0 Å². The van der Waals surface area contributed by atoms with Crippen LogP contribution in [0.1, 0.15) is 22.3 Å². The average Bonchev–Trinajstić information content (AvgIpc) is 3.09. The Balaban J connectivity index is 1.66. The van der Waals surface area contributed by atoms with Crippen LogP contribution < -0.4 is 14.8 Å². The maximum Gasteiger partial charge on any atom is 0.337 e. The molecular formula is C21H22N2O6. The number of nitrogens with zero attached hydrogens (tertiary/aromatic N) is 1. The SMILES string of the molecule is COc1ccc(CN2CC(C(=O)Nc3ccc(OC)cc3C(=O)O)CC2=O)cc1. The molecule has 1 atom stereocenters. The molecule has 152 valence electrons. The fraction of sp³-hybridized carbons (Fsp3) is 0.286. The molecule has 0 saturated carbocycles. The van der Waals surface area contributed by atoms with Gasteiger partial charge < -0.3 is 24.8 Å². The van der Waals surface area contributed by atoms with Gasteiger partial charge in [0.2, 0.25) is 11.8 Å². The third-order valence-electron chi connectivity index (χ3n) is 4.83. The van der Waals surface area contributed by atoms with Crippen LogP contribution in [0.4, 0.5) is 5.69 Å². The summed E-state index contributed by atoms with van der Waals surface area (Å²) in [5.41, 5.74) is 1.03. The Morgan fingerprint density at radius 3 is 2.38 bits per heavy atom. The average molecular weight is 398 g/mol. The van der Waals surface area contributed by atoms with Crippen LogP contribution in [-0.4, -0.2) is 48.6 Å². The minimum Gasteiger partial charge on any atom is -0.497 e. The molecule has 2 aromatic rings. The Bertz CT molecular complexity index is 925. The molecule has 1 aliphatic rings. The first-order chi connectivity index (χ1) is 13.9. The van der Waals surface area contributed by atoms with E-state index >= 15 is 0 Å².